The third kappa shape index (κ3) is 10.5. The van der Waals surface area contributed by atoms with E-state index in [1.165, 1.54) is 13.4 Å². The molecule has 0 spiro atoms. The fourth-order valence-electron chi connectivity index (χ4n) is 3.12. The highest BCUT2D eigenvalue weighted by molar-refractivity contribution is 5.90. The molecule has 11 nitrogen and oxygen atoms in total. The van der Waals surface area contributed by atoms with E-state index in [1.807, 2.05) is 0 Å². The summed E-state index contributed by atoms with van der Waals surface area (Å²) in [6, 6.07) is -2.01. The summed E-state index contributed by atoms with van der Waals surface area (Å²) < 4.78 is 0. The van der Waals surface area contributed by atoms with E-state index in [0.29, 0.717) is 44.5 Å². The minimum absolute atomic E-state index is 0.0515. The van der Waals surface area contributed by atoms with Crippen LogP contribution in [0.3, 0.4) is 0 Å². The summed E-state index contributed by atoms with van der Waals surface area (Å²) in [7, 11) is 1.53. The molecule has 176 valence electrons. The van der Waals surface area contributed by atoms with Crippen LogP contribution >= 0.6 is 0 Å². The summed E-state index contributed by atoms with van der Waals surface area (Å²) in [6.45, 7) is 0.990. The van der Waals surface area contributed by atoms with E-state index in [0.717, 1.165) is 19.3 Å². The van der Waals surface area contributed by atoms with E-state index in [9.17, 15) is 14.4 Å². The van der Waals surface area contributed by atoms with Gasteiger partial charge in [0.25, 0.3) is 0 Å². The van der Waals surface area contributed by atoms with Crippen molar-refractivity contribution in [3.05, 3.63) is 18.2 Å². The molecular weight excluding hydrogens is 400 g/mol. The maximum atomic E-state index is 12.9. The lowest BCUT2D eigenvalue weighted by Crippen LogP contribution is -2.53. The Morgan fingerprint density at radius 1 is 1.03 bits per heavy atom. The maximum absolute atomic E-state index is 12.9. The maximum Gasteiger partial charge on any atom is 0.242 e. The first kappa shape index (κ1) is 26.7. The quantitative estimate of drug-likeness (QED) is 0.140. The van der Waals surface area contributed by atoms with E-state index in [2.05, 4.69) is 25.9 Å². The van der Waals surface area contributed by atoms with Crippen molar-refractivity contribution in [2.24, 2.45) is 17.2 Å². The molecule has 0 bridgehead atoms. The van der Waals surface area contributed by atoms with Crippen LogP contribution in [0.4, 0.5) is 0 Å². The van der Waals surface area contributed by atoms with Crippen LogP contribution in [-0.2, 0) is 20.8 Å². The second-order valence-corrected chi connectivity index (χ2v) is 7.52. The lowest BCUT2D eigenvalue weighted by atomic mass is 10.0. The first-order valence-electron chi connectivity index (χ1n) is 10.8. The number of nitrogens with one attached hydrogen (secondary N) is 4. The van der Waals surface area contributed by atoms with Gasteiger partial charge in [0.05, 0.1) is 30.6 Å². The standard InChI is InChI=1S/C20H38N8O3/c1-24-19(30)17(7-3-5-9-22)28-20(31)16(6-2-4-8-21)26-12-18(29)15(23)10-14-11-25-13-27-14/h11,13,15-17,26H,2-10,12,21-23H2,1H3,(H,24,30)(H,25,27)(H,28,31)/t15-,16-,17-/m0/s1. The number of H-pyrrole nitrogens is 1. The lowest BCUT2D eigenvalue weighted by molar-refractivity contribution is -0.130. The van der Waals surface area contributed by atoms with E-state index in [4.69, 9.17) is 17.2 Å². The smallest absolute Gasteiger partial charge is 0.242 e. The minimum atomic E-state index is -0.724. The Morgan fingerprint density at radius 2 is 1.68 bits per heavy atom. The number of imidazole rings is 1. The number of rotatable bonds is 17. The van der Waals surface area contributed by atoms with Crippen LogP contribution in [0.15, 0.2) is 12.5 Å². The van der Waals surface area contributed by atoms with Gasteiger partial charge in [0.2, 0.25) is 11.8 Å². The summed E-state index contributed by atoms with van der Waals surface area (Å²) in [5, 5.41) is 8.38. The monoisotopic (exact) mass is 438 g/mol. The number of amides is 2. The highest BCUT2D eigenvalue weighted by atomic mass is 16.2. The van der Waals surface area contributed by atoms with Gasteiger partial charge >= 0.3 is 0 Å². The fraction of sp³-hybridized carbons (Fsp3) is 0.700. The van der Waals surface area contributed by atoms with Gasteiger partial charge < -0.3 is 32.8 Å². The molecule has 1 heterocycles. The van der Waals surface area contributed by atoms with Gasteiger partial charge in [0, 0.05) is 19.7 Å². The van der Waals surface area contributed by atoms with Gasteiger partial charge in [-0.2, -0.15) is 0 Å². The van der Waals surface area contributed by atoms with Crippen molar-refractivity contribution in [2.75, 3.05) is 26.7 Å². The number of aromatic nitrogens is 2. The van der Waals surface area contributed by atoms with E-state index in [-0.39, 0.29) is 24.1 Å². The molecule has 10 N–H and O–H groups in total. The molecule has 0 fully saturated rings. The Kier molecular flexibility index (Phi) is 13.3. The summed E-state index contributed by atoms with van der Waals surface area (Å²) >= 11 is 0. The van der Waals surface area contributed by atoms with Crippen LogP contribution in [0.5, 0.6) is 0 Å². The van der Waals surface area contributed by atoms with Crippen molar-refractivity contribution in [3.8, 4) is 0 Å². The van der Waals surface area contributed by atoms with Gasteiger partial charge in [-0.15, -0.1) is 0 Å². The second-order valence-electron chi connectivity index (χ2n) is 7.52. The Hall–Kier alpha value is -2.34. The number of Topliss-reactive ketones (excluding diaryl/α,β-unsaturated/α-hetero) is 1. The number of carbonyl (C=O) groups is 3. The molecule has 1 aromatic heterocycles. The predicted octanol–water partition coefficient (Wildman–Crippen LogP) is -1.70. The van der Waals surface area contributed by atoms with E-state index >= 15 is 0 Å². The molecule has 0 radical (unpaired) electrons. The Labute approximate surface area is 183 Å². The van der Waals surface area contributed by atoms with Crippen LogP contribution < -0.4 is 33.2 Å². The Bertz CT molecular complexity index is 653. The predicted molar refractivity (Wildman–Crippen MR) is 119 cm³/mol. The van der Waals surface area contributed by atoms with Crippen LogP contribution in [0.2, 0.25) is 0 Å². The largest absolute Gasteiger partial charge is 0.357 e. The minimum Gasteiger partial charge on any atom is -0.357 e. The zero-order chi connectivity index (χ0) is 23.1. The molecule has 0 aliphatic carbocycles. The first-order chi connectivity index (χ1) is 14.9. The van der Waals surface area contributed by atoms with Crippen molar-refractivity contribution >= 4 is 17.6 Å². The fourth-order valence-corrected chi connectivity index (χ4v) is 3.12. The lowest BCUT2D eigenvalue weighted by Gasteiger charge is -2.23. The number of unbranched alkanes of at least 4 members (excludes halogenated alkanes) is 2. The average molecular weight is 439 g/mol. The van der Waals surface area contributed by atoms with Crippen molar-refractivity contribution in [1.82, 2.24) is 25.9 Å². The number of ketones is 1. The Balaban J connectivity index is 2.68. The van der Waals surface area contributed by atoms with Gasteiger partial charge in [0.15, 0.2) is 5.78 Å². The average Bonchev–Trinajstić information content (AvgIpc) is 3.27. The number of nitrogens with two attached hydrogens (primary N) is 3. The number of carbonyl (C=O) groups excluding carboxylic acids is 3. The van der Waals surface area contributed by atoms with Crippen LogP contribution in [0.1, 0.15) is 44.2 Å². The van der Waals surface area contributed by atoms with Crippen LogP contribution in [0, 0.1) is 0 Å². The molecular formula is C20H38N8O3. The zero-order valence-electron chi connectivity index (χ0n) is 18.4. The highest BCUT2D eigenvalue weighted by Gasteiger charge is 2.25. The van der Waals surface area contributed by atoms with Gasteiger partial charge in [-0.05, 0) is 45.2 Å². The first-order valence-corrected chi connectivity index (χ1v) is 10.8. The molecule has 0 saturated carbocycles. The summed E-state index contributed by atoms with van der Waals surface area (Å²) in [6.07, 6.45) is 7.48. The van der Waals surface area contributed by atoms with Crippen LogP contribution in [0.25, 0.3) is 0 Å². The summed E-state index contributed by atoms with van der Waals surface area (Å²) in [5.41, 5.74) is 17.8. The third-order valence-electron chi connectivity index (χ3n) is 5.01. The SMILES string of the molecule is CNC(=O)[C@H](CCCCN)NC(=O)[C@H](CCCCN)NCC(=O)[C@@H](N)Cc1c[nH]cn1. The van der Waals surface area contributed by atoms with Crippen LogP contribution in [-0.4, -0.2) is 72.4 Å². The second kappa shape index (κ2) is 15.5. The van der Waals surface area contributed by atoms with E-state index < -0.39 is 18.1 Å². The number of hydrogen-bond donors (Lipinski definition) is 7. The summed E-state index contributed by atoms with van der Waals surface area (Å²) in [5.74, 6) is -0.805. The van der Waals surface area contributed by atoms with Crippen molar-refractivity contribution in [1.29, 1.82) is 0 Å². The number of nitrogens with zero attached hydrogens (tertiary/aromatic N) is 1. The number of hydrogen-bond acceptors (Lipinski definition) is 8. The van der Waals surface area contributed by atoms with E-state index in [1.54, 1.807) is 6.20 Å². The van der Waals surface area contributed by atoms with Gasteiger partial charge in [-0.3, -0.25) is 19.7 Å². The molecule has 3 atom stereocenters. The molecule has 0 saturated heterocycles. The molecule has 0 unspecified atom stereocenters. The molecule has 0 aliphatic heterocycles. The van der Waals surface area contributed by atoms with Gasteiger partial charge in [-0.25, -0.2) is 4.98 Å². The molecule has 1 aromatic rings. The van der Waals surface area contributed by atoms with Gasteiger partial charge in [-0.1, -0.05) is 6.42 Å². The molecule has 0 aliphatic rings. The van der Waals surface area contributed by atoms with Crippen molar-refractivity contribution in [2.45, 2.75) is 63.1 Å². The normalized spacial score (nSPS) is 13.9. The van der Waals surface area contributed by atoms with Crippen molar-refractivity contribution in [3.63, 3.8) is 0 Å². The Morgan fingerprint density at radius 3 is 2.23 bits per heavy atom. The number of aromatic amines is 1. The molecule has 0 aromatic carbocycles. The molecule has 31 heavy (non-hydrogen) atoms. The van der Waals surface area contributed by atoms with Crippen molar-refractivity contribution < 1.29 is 14.4 Å². The summed E-state index contributed by atoms with van der Waals surface area (Å²) in [4.78, 5) is 44.3. The highest BCUT2D eigenvalue weighted by Crippen LogP contribution is 2.06. The zero-order valence-corrected chi connectivity index (χ0v) is 18.4. The third-order valence-corrected chi connectivity index (χ3v) is 5.01. The van der Waals surface area contributed by atoms with Gasteiger partial charge in [0.1, 0.15) is 6.04 Å². The molecule has 2 amide bonds. The number of likely N-dealkylation sites (N-methyl/N-ethyl adjacent to an activating group) is 1. The molecule has 1 rings (SSSR count). The topological polar surface area (TPSA) is 194 Å². The molecule has 11 heteroatoms.